The molecule has 188 valence electrons. The Balaban J connectivity index is 1.75. The summed E-state index contributed by atoms with van der Waals surface area (Å²) >= 11 is 14.3. The normalized spacial score (nSPS) is 12.1. The number of nitrogens with zero attached hydrogens (tertiary/aromatic N) is 4. The van der Waals surface area contributed by atoms with E-state index in [-0.39, 0.29) is 22.8 Å². The van der Waals surface area contributed by atoms with E-state index in [1.54, 1.807) is 24.3 Å². The van der Waals surface area contributed by atoms with Gasteiger partial charge in [0, 0.05) is 34.4 Å². The quantitative estimate of drug-likeness (QED) is 0.176. The molecule has 6 nitrogen and oxygen atoms in total. The van der Waals surface area contributed by atoms with Gasteiger partial charge in [-0.3, -0.25) is 4.79 Å². The fourth-order valence-corrected chi connectivity index (χ4v) is 3.84. The summed E-state index contributed by atoms with van der Waals surface area (Å²) in [6, 6.07) is 12.0. The van der Waals surface area contributed by atoms with Crippen molar-refractivity contribution < 1.29 is 31.5 Å². The summed E-state index contributed by atoms with van der Waals surface area (Å²) in [6.07, 6.45) is -4.84. The largest absolute Gasteiger partial charge is 0.487 e. The summed E-state index contributed by atoms with van der Waals surface area (Å²) in [4.78, 5) is 18.3. The molecule has 0 aliphatic rings. The van der Waals surface area contributed by atoms with Crippen LogP contribution in [0.3, 0.4) is 0 Å². The number of hydrogen-bond donors (Lipinski definition) is 0. The van der Waals surface area contributed by atoms with Gasteiger partial charge in [-0.1, -0.05) is 39.7 Å². The smallest absolute Gasteiger partial charge is 0.420 e. The van der Waals surface area contributed by atoms with Gasteiger partial charge in [-0.25, -0.2) is 9.50 Å². The molecule has 0 N–H and O–H groups in total. The molecular formula is C22H12BrCl2F5N4O2. The predicted octanol–water partition coefficient (Wildman–Crippen LogP) is 7.28. The van der Waals surface area contributed by atoms with Crippen molar-refractivity contribution in [1.82, 2.24) is 14.6 Å². The van der Waals surface area contributed by atoms with Crippen molar-refractivity contribution in [3.05, 3.63) is 75.5 Å². The van der Waals surface area contributed by atoms with Gasteiger partial charge in [0.15, 0.2) is 17.0 Å². The van der Waals surface area contributed by atoms with Crippen LogP contribution in [-0.4, -0.2) is 33.1 Å². The lowest BCUT2D eigenvalue weighted by molar-refractivity contribution is -0.142. The number of ether oxygens (including phenoxy) is 1. The van der Waals surface area contributed by atoms with Gasteiger partial charge >= 0.3 is 11.7 Å². The Morgan fingerprint density at radius 3 is 2.22 bits per heavy atom. The molecule has 0 fully saturated rings. The second-order valence-corrected chi connectivity index (χ2v) is 9.07. The molecular weight excluding hydrogens is 598 g/mol. The second-order valence-electron chi connectivity index (χ2n) is 7.34. The Hall–Kier alpha value is -2.96. The van der Waals surface area contributed by atoms with Crippen LogP contribution in [0.5, 0.6) is 5.75 Å². The molecule has 0 unspecified atom stereocenters. The van der Waals surface area contributed by atoms with Gasteiger partial charge in [0.1, 0.15) is 10.8 Å². The van der Waals surface area contributed by atoms with Crippen LogP contribution >= 0.6 is 39.1 Å². The third-order valence-corrected chi connectivity index (χ3v) is 5.88. The number of benzene rings is 2. The summed E-state index contributed by atoms with van der Waals surface area (Å²) < 4.78 is 72.7. The number of halogens is 8. The molecule has 0 saturated carbocycles. The first-order chi connectivity index (χ1) is 16.7. The SMILES string of the molecule is CN(C(=O)c1nn2c(C(F)(F)F)cc(-c3ccc(Br)cc3)nc2c1Cl)c1ccc(OC(F)(F)Cl)cc1. The number of alkyl halides is 6. The van der Waals surface area contributed by atoms with E-state index in [4.69, 9.17) is 23.2 Å². The monoisotopic (exact) mass is 608 g/mol. The minimum Gasteiger partial charge on any atom is -0.420 e. The van der Waals surface area contributed by atoms with Crippen molar-refractivity contribution >= 4 is 56.4 Å². The van der Waals surface area contributed by atoms with Crippen LogP contribution in [0.1, 0.15) is 16.2 Å². The second kappa shape index (κ2) is 9.49. The van der Waals surface area contributed by atoms with Crippen molar-refractivity contribution in [3.8, 4) is 17.0 Å². The molecule has 0 atom stereocenters. The number of rotatable bonds is 5. The van der Waals surface area contributed by atoms with Crippen LogP contribution in [0.2, 0.25) is 5.02 Å². The molecule has 0 radical (unpaired) electrons. The summed E-state index contributed by atoms with van der Waals surface area (Å²) in [5.41, 5.74) is -5.41. The zero-order valence-corrected chi connectivity index (χ0v) is 20.9. The highest BCUT2D eigenvalue weighted by Gasteiger charge is 2.37. The fraction of sp³-hybridized carbons (Fsp3) is 0.136. The maximum Gasteiger partial charge on any atom is 0.487 e. The molecule has 0 aliphatic heterocycles. The zero-order chi connectivity index (χ0) is 26.4. The van der Waals surface area contributed by atoms with E-state index < -0.39 is 34.1 Å². The van der Waals surface area contributed by atoms with Gasteiger partial charge in [0.2, 0.25) is 0 Å². The third-order valence-electron chi connectivity index (χ3n) is 4.93. The first kappa shape index (κ1) is 26.1. The highest BCUT2D eigenvalue weighted by molar-refractivity contribution is 9.10. The first-order valence-electron chi connectivity index (χ1n) is 9.81. The molecule has 2 heterocycles. The number of carbonyl (C=O) groups is 1. The maximum atomic E-state index is 13.9. The molecule has 0 saturated heterocycles. The Morgan fingerprint density at radius 2 is 1.67 bits per heavy atom. The van der Waals surface area contributed by atoms with Crippen molar-refractivity contribution in [2.45, 2.75) is 11.7 Å². The molecule has 14 heteroatoms. The van der Waals surface area contributed by atoms with E-state index in [1.807, 2.05) is 0 Å². The highest BCUT2D eigenvalue weighted by Crippen LogP contribution is 2.35. The van der Waals surface area contributed by atoms with E-state index in [2.05, 4.69) is 30.7 Å². The van der Waals surface area contributed by atoms with Crippen LogP contribution in [-0.2, 0) is 6.18 Å². The van der Waals surface area contributed by atoms with Gasteiger partial charge in [0.05, 0.1) is 5.69 Å². The molecule has 0 aliphatic carbocycles. The molecule has 1 amide bonds. The summed E-state index contributed by atoms with van der Waals surface area (Å²) in [6.45, 7) is 0. The fourth-order valence-electron chi connectivity index (χ4n) is 3.25. The topological polar surface area (TPSA) is 59.7 Å². The number of fused-ring (bicyclic) bond motifs is 1. The third kappa shape index (κ3) is 5.40. The zero-order valence-electron chi connectivity index (χ0n) is 17.8. The van der Waals surface area contributed by atoms with Crippen LogP contribution in [0.15, 0.2) is 59.1 Å². The Bertz CT molecular complexity index is 1440. The van der Waals surface area contributed by atoms with Crippen molar-refractivity contribution in [2.75, 3.05) is 11.9 Å². The summed E-state index contributed by atoms with van der Waals surface area (Å²) in [5, 5.41) is 3.41. The molecule has 2 aromatic heterocycles. The summed E-state index contributed by atoms with van der Waals surface area (Å²) in [7, 11) is 1.31. The van der Waals surface area contributed by atoms with Gasteiger partial charge < -0.3 is 9.64 Å². The van der Waals surface area contributed by atoms with Crippen molar-refractivity contribution in [3.63, 3.8) is 0 Å². The van der Waals surface area contributed by atoms with E-state index in [1.165, 1.54) is 19.2 Å². The van der Waals surface area contributed by atoms with Crippen molar-refractivity contribution in [2.24, 2.45) is 0 Å². The molecule has 4 rings (SSSR count). The molecule has 2 aromatic carbocycles. The number of aromatic nitrogens is 3. The standard InChI is InChI=1S/C22H12BrCl2F5N4O2/c1-33(13-6-8-14(9-7-13)36-22(25,29)30)20(35)18-17(24)19-31-15(11-2-4-12(23)5-3-11)10-16(21(26,27)28)34(19)32-18/h2-10H,1H3. The Labute approximate surface area is 218 Å². The van der Waals surface area contributed by atoms with Gasteiger partial charge in [0.25, 0.3) is 5.91 Å². The van der Waals surface area contributed by atoms with E-state index >= 15 is 0 Å². The first-order valence-corrected chi connectivity index (χ1v) is 11.4. The molecule has 36 heavy (non-hydrogen) atoms. The minimum atomic E-state index is -4.84. The number of amides is 1. The average Bonchev–Trinajstić information content (AvgIpc) is 3.13. The van der Waals surface area contributed by atoms with E-state index in [9.17, 15) is 26.7 Å². The van der Waals surface area contributed by atoms with E-state index in [0.717, 1.165) is 27.6 Å². The van der Waals surface area contributed by atoms with Crippen molar-refractivity contribution in [1.29, 1.82) is 0 Å². The lowest BCUT2D eigenvalue weighted by Crippen LogP contribution is -2.27. The van der Waals surface area contributed by atoms with Gasteiger partial charge in [-0.15, -0.1) is 8.78 Å². The van der Waals surface area contributed by atoms with Gasteiger partial charge in [-0.2, -0.15) is 18.3 Å². The molecule has 0 spiro atoms. The van der Waals surface area contributed by atoms with Crippen LogP contribution in [0.4, 0.5) is 27.6 Å². The average molecular weight is 610 g/mol. The highest BCUT2D eigenvalue weighted by atomic mass is 79.9. The maximum absolute atomic E-state index is 13.9. The Morgan fingerprint density at radius 1 is 1.06 bits per heavy atom. The lowest BCUT2D eigenvalue weighted by Gasteiger charge is -2.17. The van der Waals surface area contributed by atoms with Crippen LogP contribution < -0.4 is 9.64 Å². The lowest BCUT2D eigenvalue weighted by atomic mass is 10.1. The van der Waals surface area contributed by atoms with Crippen LogP contribution in [0, 0.1) is 0 Å². The van der Waals surface area contributed by atoms with E-state index in [0.29, 0.717) is 10.1 Å². The number of carbonyl (C=O) groups excluding carboxylic acids is 1. The molecule has 0 bridgehead atoms. The van der Waals surface area contributed by atoms with Crippen LogP contribution in [0.25, 0.3) is 16.9 Å². The Kier molecular flexibility index (Phi) is 6.88. The predicted molar refractivity (Wildman–Crippen MR) is 127 cm³/mol. The molecule has 4 aromatic rings. The minimum absolute atomic E-state index is 0.0249. The number of anilines is 1. The van der Waals surface area contributed by atoms with Gasteiger partial charge in [-0.05, 0) is 42.5 Å². The summed E-state index contributed by atoms with van der Waals surface area (Å²) in [5.74, 6) is -1.13. The number of hydrogen-bond acceptors (Lipinski definition) is 4.